The summed E-state index contributed by atoms with van der Waals surface area (Å²) in [5, 5.41) is 3.55. The molecule has 0 bridgehead atoms. The van der Waals surface area contributed by atoms with E-state index in [1.807, 2.05) is 7.11 Å². The molecule has 0 aliphatic heterocycles. The minimum Gasteiger partial charge on any atom is -0.380 e. The first-order chi connectivity index (χ1) is 8.28. The highest BCUT2D eigenvalue weighted by Gasteiger charge is 2.34. The van der Waals surface area contributed by atoms with Crippen LogP contribution >= 0.6 is 0 Å². The summed E-state index contributed by atoms with van der Waals surface area (Å²) in [5.74, 6) is 1.71. The van der Waals surface area contributed by atoms with Crippen LogP contribution in [0.1, 0.15) is 58.8 Å². The predicted molar refractivity (Wildman–Crippen MR) is 74.3 cm³/mol. The number of methoxy groups -OCH3 is 1. The van der Waals surface area contributed by atoms with E-state index in [0.29, 0.717) is 12.1 Å². The summed E-state index contributed by atoms with van der Waals surface area (Å²) < 4.78 is 5.73. The summed E-state index contributed by atoms with van der Waals surface area (Å²) in [6.07, 6.45) is 9.73. The summed E-state index contributed by atoms with van der Waals surface area (Å²) in [7, 11) is 3.97. The minimum absolute atomic E-state index is 0.391. The number of likely N-dealkylation sites (N-methyl/N-ethyl adjacent to an activating group) is 1. The molecule has 2 nitrogen and oxygen atoms in total. The third-order valence-corrected chi connectivity index (χ3v) is 4.56. The second kappa shape index (κ2) is 8.10. The van der Waals surface area contributed by atoms with Crippen molar-refractivity contribution < 1.29 is 4.74 Å². The lowest BCUT2D eigenvalue weighted by atomic mass is 9.72. The van der Waals surface area contributed by atoms with Crippen LogP contribution in [0.4, 0.5) is 0 Å². The molecule has 102 valence electrons. The van der Waals surface area contributed by atoms with Gasteiger partial charge < -0.3 is 10.1 Å². The van der Waals surface area contributed by atoms with Crippen LogP contribution in [0.15, 0.2) is 0 Å². The van der Waals surface area contributed by atoms with E-state index in [9.17, 15) is 0 Å². The number of hydrogen-bond donors (Lipinski definition) is 1. The van der Waals surface area contributed by atoms with Crippen molar-refractivity contribution >= 4 is 0 Å². The molecule has 1 N–H and O–H groups in total. The molecule has 4 unspecified atom stereocenters. The van der Waals surface area contributed by atoms with E-state index in [-0.39, 0.29) is 0 Å². The van der Waals surface area contributed by atoms with Crippen LogP contribution in [0.5, 0.6) is 0 Å². The number of ether oxygens (including phenoxy) is 1. The molecule has 0 heterocycles. The Labute approximate surface area is 108 Å². The molecule has 4 atom stereocenters. The molecule has 0 aromatic carbocycles. The standard InChI is InChI=1S/C15H31NO/c1-5-9-14(17-4)15(16-3)13-11-8-7-10-12(13)6-2/h12-16H,5-11H2,1-4H3. The van der Waals surface area contributed by atoms with E-state index >= 15 is 0 Å². The molecule has 1 saturated carbocycles. The van der Waals surface area contributed by atoms with E-state index in [4.69, 9.17) is 4.74 Å². The number of hydrogen-bond acceptors (Lipinski definition) is 2. The first-order valence-corrected chi connectivity index (χ1v) is 7.48. The first kappa shape index (κ1) is 15.0. The van der Waals surface area contributed by atoms with Crippen LogP contribution in [-0.2, 0) is 4.74 Å². The summed E-state index contributed by atoms with van der Waals surface area (Å²) in [4.78, 5) is 0. The molecule has 0 aromatic rings. The molecule has 2 heteroatoms. The Hall–Kier alpha value is -0.0800. The van der Waals surface area contributed by atoms with Gasteiger partial charge in [0.1, 0.15) is 0 Å². The Morgan fingerprint density at radius 1 is 1.24 bits per heavy atom. The largest absolute Gasteiger partial charge is 0.380 e. The van der Waals surface area contributed by atoms with Gasteiger partial charge in [-0.05, 0) is 31.7 Å². The molecule has 0 spiro atoms. The van der Waals surface area contributed by atoms with Crippen LogP contribution in [-0.4, -0.2) is 26.3 Å². The van der Waals surface area contributed by atoms with Crippen molar-refractivity contribution in [2.45, 2.75) is 70.9 Å². The van der Waals surface area contributed by atoms with Crippen LogP contribution < -0.4 is 5.32 Å². The van der Waals surface area contributed by atoms with Crippen molar-refractivity contribution in [2.24, 2.45) is 11.8 Å². The topological polar surface area (TPSA) is 21.3 Å². The van der Waals surface area contributed by atoms with Gasteiger partial charge >= 0.3 is 0 Å². The Morgan fingerprint density at radius 3 is 2.47 bits per heavy atom. The highest BCUT2D eigenvalue weighted by molar-refractivity contribution is 4.88. The van der Waals surface area contributed by atoms with E-state index in [0.717, 1.165) is 11.8 Å². The summed E-state index contributed by atoms with van der Waals surface area (Å²) in [6.45, 7) is 4.59. The second-order valence-corrected chi connectivity index (χ2v) is 5.49. The fourth-order valence-corrected chi connectivity index (χ4v) is 3.62. The molecule has 1 aliphatic carbocycles. The van der Waals surface area contributed by atoms with E-state index in [2.05, 4.69) is 26.2 Å². The Kier molecular flexibility index (Phi) is 7.14. The van der Waals surface area contributed by atoms with Gasteiger partial charge in [0.2, 0.25) is 0 Å². The zero-order chi connectivity index (χ0) is 12.7. The zero-order valence-electron chi connectivity index (χ0n) is 12.2. The van der Waals surface area contributed by atoms with Gasteiger partial charge in [0.05, 0.1) is 6.10 Å². The van der Waals surface area contributed by atoms with Crippen molar-refractivity contribution in [3.63, 3.8) is 0 Å². The zero-order valence-corrected chi connectivity index (χ0v) is 12.2. The monoisotopic (exact) mass is 241 g/mol. The quantitative estimate of drug-likeness (QED) is 0.735. The maximum Gasteiger partial charge on any atom is 0.0726 e. The lowest BCUT2D eigenvalue weighted by Gasteiger charge is -2.40. The molecule has 1 aliphatic rings. The van der Waals surface area contributed by atoms with E-state index in [1.54, 1.807) is 0 Å². The molecule has 0 saturated heterocycles. The van der Waals surface area contributed by atoms with Gasteiger partial charge in [0.25, 0.3) is 0 Å². The van der Waals surface area contributed by atoms with Crippen LogP contribution in [0.2, 0.25) is 0 Å². The number of rotatable bonds is 7. The fraction of sp³-hybridized carbons (Fsp3) is 1.00. The minimum atomic E-state index is 0.391. The molecule has 17 heavy (non-hydrogen) atoms. The number of nitrogens with one attached hydrogen (secondary N) is 1. The maximum absolute atomic E-state index is 5.73. The Bertz CT molecular complexity index is 195. The van der Waals surface area contributed by atoms with Gasteiger partial charge in [-0.3, -0.25) is 0 Å². The average molecular weight is 241 g/mol. The smallest absolute Gasteiger partial charge is 0.0726 e. The van der Waals surface area contributed by atoms with Crippen molar-refractivity contribution in [3.05, 3.63) is 0 Å². The Balaban J connectivity index is 2.68. The normalized spacial score (nSPS) is 28.9. The van der Waals surface area contributed by atoms with E-state index in [1.165, 1.54) is 44.9 Å². The average Bonchev–Trinajstić information content (AvgIpc) is 2.39. The molecular formula is C15H31NO. The highest BCUT2D eigenvalue weighted by atomic mass is 16.5. The molecule has 1 rings (SSSR count). The van der Waals surface area contributed by atoms with Gasteiger partial charge in [-0.15, -0.1) is 0 Å². The van der Waals surface area contributed by atoms with Crippen molar-refractivity contribution in [1.29, 1.82) is 0 Å². The predicted octanol–water partition coefficient (Wildman–Crippen LogP) is 3.61. The SMILES string of the molecule is CCCC(OC)C(NC)C1CCCCC1CC. The van der Waals surface area contributed by atoms with Gasteiger partial charge in [-0.2, -0.15) is 0 Å². The molecule has 0 amide bonds. The maximum atomic E-state index is 5.73. The van der Waals surface area contributed by atoms with Crippen molar-refractivity contribution in [2.75, 3.05) is 14.2 Å². The highest BCUT2D eigenvalue weighted by Crippen LogP contribution is 2.36. The van der Waals surface area contributed by atoms with Gasteiger partial charge in [0, 0.05) is 13.2 Å². The lowest BCUT2D eigenvalue weighted by Crippen LogP contribution is -2.48. The van der Waals surface area contributed by atoms with Crippen molar-refractivity contribution in [3.8, 4) is 0 Å². The van der Waals surface area contributed by atoms with Crippen LogP contribution in [0.25, 0.3) is 0 Å². The first-order valence-electron chi connectivity index (χ1n) is 7.48. The molecule has 0 aromatic heterocycles. The second-order valence-electron chi connectivity index (χ2n) is 5.49. The van der Waals surface area contributed by atoms with Crippen molar-refractivity contribution in [1.82, 2.24) is 5.32 Å². The molecule has 1 fully saturated rings. The van der Waals surface area contributed by atoms with Gasteiger partial charge in [-0.25, -0.2) is 0 Å². The van der Waals surface area contributed by atoms with Gasteiger partial charge in [0.15, 0.2) is 0 Å². The summed E-state index contributed by atoms with van der Waals surface area (Å²) in [5.41, 5.74) is 0. The summed E-state index contributed by atoms with van der Waals surface area (Å²) >= 11 is 0. The molecule has 0 radical (unpaired) electrons. The van der Waals surface area contributed by atoms with Crippen LogP contribution in [0, 0.1) is 11.8 Å². The van der Waals surface area contributed by atoms with E-state index < -0.39 is 0 Å². The third kappa shape index (κ3) is 3.96. The molecular weight excluding hydrogens is 210 g/mol. The summed E-state index contributed by atoms with van der Waals surface area (Å²) in [6, 6.07) is 0.546. The van der Waals surface area contributed by atoms with Gasteiger partial charge in [-0.1, -0.05) is 46.0 Å². The lowest BCUT2D eigenvalue weighted by molar-refractivity contribution is 0.0203. The Morgan fingerprint density at radius 2 is 1.94 bits per heavy atom. The third-order valence-electron chi connectivity index (χ3n) is 4.56. The van der Waals surface area contributed by atoms with Crippen LogP contribution in [0.3, 0.4) is 0 Å². The fourth-order valence-electron chi connectivity index (χ4n) is 3.62.